The van der Waals surface area contributed by atoms with E-state index in [1.165, 1.54) is 5.01 Å². The number of benzene rings is 1. The molecule has 0 aliphatic carbocycles. The molecule has 0 radical (unpaired) electrons. The van der Waals surface area contributed by atoms with E-state index in [4.69, 9.17) is 4.74 Å². The SMILES string of the molecule is C[C@@H]1N=C(C(=O)N[C@H](C)[C@@H]2CCCO2)NN(c2ccccc2)C1=O. The Morgan fingerprint density at radius 3 is 2.83 bits per heavy atom. The molecule has 0 aromatic heterocycles. The Morgan fingerprint density at radius 1 is 1.42 bits per heavy atom. The first-order valence-electron chi connectivity index (χ1n) is 8.22. The van der Waals surface area contributed by atoms with E-state index in [1.807, 2.05) is 25.1 Å². The van der Waals surface area contributed by atoms with Crippen molar-refractivity contribution < 1.29 is 14.3 Å². The lowest BCUT2D eigenvalue weighted by atomic mass is 10.1. The summed E-state index contributed by atoms with van der Waals surface area (Å²) in [5.74, 6) is -0.404. The van der Waals surface area contributed by atoms with Crippen molar-refractivity contribution in [1.29, 1.82) is 0 Å². The monoisotopic (exact) mass is 330 g/mol. The number of anilines is 1. The van der Waals surface area contributed by atoms with E-state index in [0.29, 0.717) is 5.69 Å². The number of carbonyl (C=O) groups excluding carboxylic acids is 2. The summed E-state index contributed by atoms with van der Waals surface area (Å²) in [5, 5.41) is 4.27. The molecule has 2 aliphatic heterocycles. The molecule has 24 heavy (non-hydrogen) atoms. The van der Waals surface area contributed by atoms with Gasteiger partial charge in [-0.1, -0.05) is 18.2 Å². The maximum atomic E-state index is 12.5. The lowest BCUT2D eigenvalue weighted by molar-refractivity contribution is -0.120. The van der Waals surface area contributed by atoms with Gasteiger partial charge in [0.05, 0.1) is 17.8 Å². The van der Waals surface area contributed by atoms with Crippen LogP contribution in [-0.4, -0.2) is 42.4 Å². The van der Waals surface area contributed by atoms with Crippen molar-refractivity contribution >= 4 is 23.3 Å². The van der Waals surface area contributed by atoms with E-state index in [1.54, 1.807) is 19.1 Å². The molecule has 7 nitrogen and oxygen atoms in total. The number of nitrogens with zero attached hydrogens (tertiary/aromatic N) is 2. The van der Waals surface area contributed by atoms with Crippen LogP contribution in [0.1, 0.15) is 26.7 Å². The standard InChI is InChI=1S/C17H22N4O3/c1-11(14-9-6-10-24-14)19-16(22)15-18-12(2)17(23)21(20-15)13-7-4-3-5-8-13/h3-5,7-8,11-12,14H,6,9-10H2,1-2H3,(H,18,20)(H,19,22)/t11-,12+,14+/m1/s1. The number of ether oxygens (including phenoxy) is 1. The average Bonchev–Trinajstić information content (AvgIpc) is 3.12. The van der Waals surface area contributed by atoms with Crippen LogP contribution in [0.5, 0.6) is 0 Å². The van der Waals surface area contributed by atoms with Gasteiger partial charge in [-0.25, -0.2) is 10.0 Å². The molecule has 0 unspecified atom stereocenters. The topological polar surface area (TPSA) is 83.0 Å². The van der Waals surface area contributed by atoms with E-state index < -0.39 is 6.04 Å². The third kappa shape index (κ3) is 3.41. The Labute approximate surface area is 141 Å². The van der Waals surface area contributed by atoms with Gasteiger partial charge in [0.1, 0.15) is 6.04 Å². The number of amides is 2. The molecule has 2 N–H and O–H groups in total. The summed E-state index contributed by atoms with van der Waals surface area (Å²) in [6, 6.07) is 8.40. The average molecular weight is 330 g/mol. The van der Waals surface area contributed by atoms with Crippen LogP contribution in [0, 0.1) is 0 Å². The number of rotatable bonds is 4. The van der Waals surface area contributed by atoms with Gasteiger partial charge in [0, 0.05) is 6.61 Å². The first kappa shape index (κ1) is 16.4. The Morgan fingerprint density at radius 2 is 2.17 bits per heavy atom. The van der Waals surface area contributed by atoms with E-state index in [-0.39, 0.29) is 29.8 Å². The molecule has 1 aromatic carbocycles. The summed E-state index contributed by atoms with van der Waals surface area (Å²) in [6.45, 7) is 4.33. The Balaban J connectivity index is 1.71. The van der Waals surface area contributed by atoms with Crippen LogP contribution in [0.25, 0.3) is 0 Å². The number of carbonyl (C=O) groups is 2. The van der Waals surface area contributed by atoms with Crippen LogP contribution in [0.2, 0.25) is 0 Å². The van der Waals surface area contributed by atoms with Crippen molar-refractivity contribution in [2.75, 3.05) is 11.6 Å². The Bertz CT molecular complexity index is 640. The van der Waals surface area contributed by atoms with Crippen molar-refractivity contribution in [3.05, 3.63) is 30.3 Å². The largest absolute Gasteiger partial charge is 0.376 e. The molecular formula is C17H22N4O3. The number of hydrazine groups is 1. The first-order valence-corrected chi connectivity index (χ1v) is 8.22. The Kier molecular flexibility index (Phi) is 4.80. The first-order chi connectivity index (χ1) is 11.6. The fourth-order valence-corrected chi connectivity index (χ4v) is 2.87. The lowest BCUT2D eigenvalue weighted by Gasteiger charge is -2.31. The van der Waals surface area contributed by atoms with Gasteiger partial charge in [-0.05, 0) is 38.8 Å². The normalized spacial score (nSPS) is 25.0. The highest BCUT2D eigenvalue weighted by molar-refractivity contribution is 6.39. The molecule has 2 aliphatic rings. The second-order valence-electron chi connectivity index (χ2n) is 6.09. The maximum absolute atomic E-state index is 12.5. The minimum atomic E-state index is -0.620. The van der Waals surface area contributed by atoms with Gasteiger partial charge in [-0.3, -0.25) is 15.0 Å². The number of aliphatic imine (C=N–C) groups is 1. The highest BCUT2D eigenvalue weighted by Gasteiger charge is 2.32. The van der Waals surface area contributed by atoms with Crippen LogP contribution in [0.3, 0.4) is 0 Å². The van der Waals surface area contributed by atoms with Crippen LogP contribution < -0.4 is 15.8 Å². The van der Waals surface area contributed by atoms with Gasteiger partial charge < -0.3 is 10.1 Å². The molecular weight excluding hydrogens is 308 g/mol. The molecule has 0 bridgehead atoms. The van der Waals surface area contributed by atoms with Crippen molar-refractivity contribution in [2.24, 2.45) is 4.99 Å². The van der Waals surface area contributed by atoms with Gasteiger partial charge in [0.2, 0.25) is 5.84 Å². The lowest BCUT2D eigenvalue weighted by Crippen LogP contribution is -2.59. The predicted molar refractivity (Wildman–Crippen MR) is 90.5 cm³/mol. The molecule has 2 amide bonds. The number of nitrogens with one attached hydrogen (secondary N) is 2. The molecule has 0 saturated carbocycles. The summed E-state index contributed by atoms with van der Waals surface area (Å²) in [5.41, 5.74) is 3.49. The molecule has 0 spiro atoms. The minimum absolute atomic E-state index is 0.0300. The van der Waals surface area contributed by atoms with E-state index in [9.17, 15) is 9.59 Å². The number of amidine groups is 1. The molecule has 1 aromatic rings. The maximum Gasteiger partial charge on any atom is 0.288 e. The fraction of sp³-hybridized carbons (Fsp3) is 0.471. The minimum Gasteiger partial charge on any atom is -0.376 e. The van der Waals surface area contributed by atoms with Gasteiger partial charge in [0.15, 0.2) is 0 Å². The summed E-state index contributed by atoms with van der Waals surface area (Å²) >= 11 is 0. The zero-order chi connectivity index (χ0) is 17.1. The highest BCUT2D eigenvalue weighted by atomic mass is 16.5. The molecule has 2 heterocycles. The smallest absolute Gasteiger partial charge is 0.288 e. The van der Waals surface area contributed by atoms with E-state index >= 15 is 0 Å². The van der Waals surface area contributed by atoms with Crippen molar-refractivity contribution in [2.45, 2.75) is 44.9 Å². The molecule has 128 valence electrons. The summed E-state index contributed by atoms with van der Waals surface area (Å²) < 4.78 is 5.59. The summed E-state index contributed by atoms with van der Waals surface area (Å²) in [7, 11) is 0. The molecule has 7 heteroatoms. The summed E-state index contributed by atoms with van der Waals surface area (Å²) in [6.07, 6.45) is 1.98. The number of para-hydroxylation sites is 1. The number of hydrogen-bond acceptors (Lipinski definition) is 5. The van der Waals surface area contributed by atoms with Crippen molar-refractivity contribution in [3.63, 3.8) is 0 Å². The van der Waals surface area contributed by atoms with Crippen molar-refractivity contribution in [3.8, 4) is 0 Å². The second kappa shape index (κ2) is 7.00. The molecule has 1 fully saturated rings. The number of hydrogen-bond donors (Lipinski definition) is 2. The second-order valence-corrected chi connectivity index (χ2v) is 6.09. The third-order valence-electron chi connectivity index (χ3n) is 4.23. The van der Waals surface area contributed by atoms with Gasteiger partial charge in [0.25, 0.3) is 11.8 Å². The van der Waals surface area contributed by atoms with Crippen LogP contribution >= 0.6 is 0 Å². The summed E-state index contributed by atoms with van der Waals surface area (Å²) in [4.78, 5) is 29.0. The van der Waals surface area contributed by atoms with E-state index in [0.717, 1.165) is 19.4 Å². The molecule has 3 atom stereocenters. The third-order valence-corrected chi connectivity index (χ3v) is 4.23. The van der Waals surface area contributed by atoms with Crippen LogP contribution in [0.4, 0.5) is 5.69 Å². The predicted octanol–water partition coefficient (Wildman–Crippen LogP) is 1.01. The zero-order valence-corrected chi connectivity index (χ0v) is 13.9. The molecule has 3 rings (SSSR count). The van der Waals surface area contributed by atoms with E-state index in [2.05, 4.69) is 15.7 Å². The zero-order valence-electron chi connectivity index (χ0n) is 13.9. The quantitative estimate of drug-likeness (QED) is 0.863. The molecule has 1 saturated heterocycles. The van der Waals surface area contributed by atoms with Gasteiger partial charge in [-0.2, -0.15) is 0 Å². The highest BCUT2D eigenvalue weighted by Crippen LogP contribution is 2.17. The van der Waals surface area contributed by atoms with Crippen LogP contribution in [0.15, 0.2) is 35.3 Å². The van der Waals surface area contributed by atoms with Gasteiger partial charge >= 0.3 is 0 Å². The van der Waals surface area contributed by atoms with Crippen LogP contribution in [-0.2, 0) is 14.3 Å². The fourth-order valence-electron chi connectivity index (χ4n) is 2.87. The van der Waals surface area contributed by atoms with Gasteiger partial charge in [-0.15, -0.1) is 0 Å². The Hall–Kier alpha value is -2.41. The van der Waals surface area contributed by atoms with Crippen molar-refractivity contribution in [1.82, 2.24) is 10.7 Å².